The van der Waals surface area contributed by atoms with E-state index in [1.165, 1.54) is 5.56 Å². The van der Waals surface area contributed by atoms with Crippen LogP contribution in [-0.4, -0.2) is 57.3 Å². The molecule has 1 aliphatic carbocycles. The molecule has 166 valence electrons. The number of ether oxygens (including phenoxy) is 5. The fourth-order valence-electron chi connectivity index (χ4n) is 5.84. The topological polar surface area (TPSA) is 63.2 Å². The normalized spacial score (nSPS) is 33.6. The van der Waals surface area contributed by atoms with E-state index in [1.807, 2.05) is 18.2 Å². The van der Waals surface area contributed by atoms with E-state index in [9.17, 15) is 4.79 Å². The second kappa shape index (κ2) is 9.45. The molecule has 0 N–H and O–H groups in total. The van der Waals surface area contributed by atoms with Gasteiger partial charge in [-0.3, -0.25) is 4.79 Å². The van der Waals surface area contributed by atoms with E-state index in [0.29, 0.717) is 32.8 Å². The largest absolute Gasteiger partial charge is 0.382 e. The summed E-state index contributed by atoms with van der Waals surface area (Å²) in [6.45, 7) is 4.63. The Bertz CT molecular complexity index is 709. The van der Waals surface area contributed by atoms with E-state index in [4.69, 9.17) is 23.7 Å². The highest BCUT2D eigenvalue weighted by Crippen LogP contribution is 2.65. The number of Topliss-reactive ketones (excluding diaryl/α,β-unsaturated/α-hetero) is 1. The Labute approximate surface area is 179 Å². The standard InChI is InChI=1S/C24H34O6/c1-18(29-17-27-13-12-26-2)20-8-10-23(16-28-15-19-6-4-3-5-7-19)14-22-21(25)9-11-24(20,23)30-22/h3-7,18,20,22H,8-17H2,1-2H3/t18-,20+,22-,23+,24+/m1/s1. The van der Waals surface area contributed by atoms with E-state index < -0.39 is 0 Å². The van der Waals surface area contributed by atoms with Crippen molar-refractivity contribution in [2.45, 2.75) is 63.4 Å². The summed E-state index contributed by atoms with van der Waals surface area (Å²) < 4.78 is 29.3. The van der Waals surface area contributed by atoms with Gasteiger partial charge in [-0.15, -0.1) is 0 Å². The Morgan fingerprint density at radius 2 is 2.00 bits per heavy atom. The Morgan fingerprint density at radius 3 is 2.80 bits per heavy atom. The molecule has 6 heteroatoms. The van der Waals surface area contributed by atoms with E-state index in [1.54, 1.807) is 7.11 Å². The van der Waals surface area contributed by atoms with Gasteiger partial charge in [0.05, 0.1) is 38.1 Å². The highest BCUT2D eigenvalue weighted by molar-refractivity contribution is 5.85. The number of benzene rings is 1. The zero-order valence-electron chi connectivity index (χ0n) is 18.1. The molecule has 2 saturated heterocycles. The van der Waals surface area contributed by atoms with E-state index in [-0.39, 0.29) is 41.7 Å². The molecular weight excluding hydrogens is 384 g/mol. The molecule has 1 saturated carbocycles. The van der Waals surface area contributed by atoms with Crippen molar-refractivity contribution in [2.24, 2.45) is 11.3 Å². The molecule has 0 radical (unpaired) electrons. The minimum atomic E-state index is -0.339. The maximum atomic E-state index is 12.4. The van der Waals surface area contributed by atoms with Gasteiger partial charge in [0.2, 0.25) is 0 Å². The first-order chi connectivity index (χ1) is 14.6. The van der Waals surface area contributed by atoms with Gasteiger partial charge in [0.1, 0.15) is 12.9 Å². The maximum Gasteiger partial charge on any atom is 0.161 e. The SMILES string of the molecule is COCCOCO[C@H](C)[C@@H]1CC[C@@]2(COCc3ccccc3)C[C@H]3O[C@@]12CCC3=O. The lowest BCUT2D eigenvalue weighted by molar-refractivity contribution is -0.187. The number of hydrogen-bond acceptors (Lipinski definition) is 6. The highest BCUT2D eigenvalue weighted by Gasteiger charge is 2.69. The van der Waals surface area contributed by atoms with Crippen LogP contribution >= 0.6 is 0 Å². The summed E-state index contributed by atoms with van der Waals surface area (Å²) in [5.41, 5.74) is 0.715. The van der Waals surface area contributed by atoms with E-state index in [0.717, 1.165) is 25.7 Å². The molecule has 6 nitrogen and oxygen atoms in total. The number of carbonyl (C=O) groups excluding carboxylic acids is 1. The minimum absolute atomic E-state index is 0.00417. The Balaban J connectivity index is 1.43. The van der Waals surface area contributed by atoms with Crippen LogP contribution < -0.4 is 0 Å². The summed E-state index contributed by atoms with van der Waals surface area (Å²) in [7, 11) is 1.65. The molecular formula is C24H34O6. The number of methoxy groups -OCH3 is 1. The molecule has 3 fully saturated rings. The van der Waals surface area contributed by atoms with Crippen LogP contribution in [0.15, 0.2) is 30.3 Å². The zero-order valence-corrected chi connectivity index (χ0v) is 18.1. The van der Waals surface area contributed by atoms with Crippen LogP contribution in [0.2, 0.25) is 0 Å². The van der Waals surface area contributed by atoms with Gasteiger partial charge in [-0.05, 0) is 38.2 Å². The lowest BCUT2D eigenvalue weighted by atomic mass is 9.69. The van der Waals surface area contributed by atoms with Crippen LogP contribution in [-0.2, 0) is 35.1 Å². The van der Waals surface area contributed by atoms with Gasteiger partial charge in [0.25, 0.3) is 0 Å². The van der Waals surface area contributed by atoms with Crippen molar-refractivity contribution in [3.63, 3.8) is 0 Å². The molecule has 0 amide bonds. The molecule has 30 heavy (non-hydrogen) atoms. The number of carbonyl (C=O) groups is 1. The smallest absolute Gasteiger partial charge is 0.161 e. The van der Waals surface area contributed by atoms with Crippen LogP contribution in [0.3, 0.4) is 0 Å². The van der Waals surface area contributed by atoms with Crippen molar-refractivity contribution in [3.05, 3.63) is 35.9 Å². The third kappa shape index (κ3) is 4.08. The van der Waals surface area contributed by atoms with E-state index in [2.05, 4.69) is 19.1 Å². The first-order valence-electron chi connectivity index (χ1n) is 11.1. The molecule has 1 spiro atoms. The summed E-state index contributed by atoms with van der Waals surface area (Å²) in [5.74, 6) is 0.481. The monoisotopic (exact) mass is 418 g/mol. The molecule has 1 aromatic rings. The maximum absolute atomic E-state index is 12.4. The lowest BCUT2D eigenvalue weighted by Crippen LogP contribution is -2.52. The molecule has 2 heterocycles. The van der Waals surface area contributed by atoms with Gasteiger partial charge in [0, 0.05) is 24.9 Å². The summed E-state index contributed by atoms with van der Waals surface area (Å²) in [5, 5.41) is 0. The molecule has 3 aliphatic rings. The summed E-state index contributed by atoms with van der Waals surface area (Å²) in [6.07, 6.45) is 3.87. The van der Waals surface area contributed by atoms with Crippen LogP contribution in [0, 0.1) is 11.3 Å². The number of hydrogen-bond donors (Lipinski definition) is 0. The van der Waals surface area contributed by atoms with Crippen LogP contribution in [0.4, 0.5) is 0 Å². The number of fused-ring (bicyclic) bond motifs is 1. The molecule has 1 aromatic carbocycles. The zero-order chi connectivity index (χ0) is 21.0. The summed E-state index contributed by atoms with van der Waals surface area (Å²) in [6, 6.07) is 10.2. The Hall–Kier alpha value is -1.31. The average Bonchev–Trinajstić information content (AvgIpc) is 3.19. The van der Waals surface area contributed by atoms with Gasteiger partial charge < -0.3 is 23.7 Å². The predicted octanol–water partition coefficient (Wildman–Crippen LogP) is 3.52. The van der Waals surface area contributed by atoms with Crippen molar-refractivity contribution in [1.82, 2.24) is 0 Å². The lowest BCUT2D eigenvalue weighted by Gasteiger charge is -2.45. The average molecular weight is 419 g/mol. The fraction of sp³-hybridized carbons (Fsp3) is 0.708. The van der Waals surface area contributed by atoms with Gasteiger partial charge in [-0.1, -0.05) is 30.3 Å². The molecule has 2 aliphatic heterocycles. The van der Waals surface area contributed by atoms with Gasteiger partial charge in [-0.25, -0.2) is 0 Å². The van der Waals surface area contributed by atoms with Crippen molar-refractivity contribution >= 4 is 5.78 Å². The summed E-state index contributed by atoms with van der Waals surface area (Å²) in [4.78, 5) is 12.4. The molecule has 5 atom stereocenters. The molecule has 0 unspecified atom stereocenters. The van der Waals surface area contributed by atoms with Gasteiger partial charge in [-0.2, -0.15) is 0 Å². The highest BCUT2D eigenvalue weighted by atomic mass is 16.7. The third-order valence-corrected chi connectivity index (χ3v) is 7.36. The molecule has 0 aromatic heterocycles. The van der Waals surface area contributed by atoms with Crippen molar-refractivity contribution in [3.8, 4) is 0 Å². The van der Waals surface area contributed by atoms with Gasteiger partial charge >= 0.3 is 0 Å². The Kier molecular flexibility index (Phi) is 6.90. The van der Waals surface area contributed by atoms with Gasteiger partial charge in [0.15, 0.2) is 5.78 Å². The fourth-order valence-corrected chi connectivity index (χ4v) is 5.84. The second-order valence-corrected chi connectivity index (χ2v) is 8.96. The third-order valence-electron chi connectivity index (χ3n) is 7.36. The molecule has 2 bridgehead atoms. The predicted molar refractivity (Wildman–Crippen MR) is 111 cm³/mol. The van der Waals surface area contributed by atoms with Crippen molar-refractivity contribution < 1.29 is 28.5 Å². The van der Waals surface area contributed by atoms with Crippen LogP contribution in [0.5, 0.6) is 0 Å². The molecule has 4 rings (SSSR count). The Morgan fingerprint density at radius 1 is 1.17 bits per heavy atom. The first kappa shape index (κ1) is 21.9. The van der Waals surface area contributed by atoms with Crippen LogP contribution in [0.1, 0.15) is 44.6 Å². The van der Waals surface area contributed by atoms with Crippen molar-refractivity contribution in [2.75, 3.05) is 33.7 Å². The number of rotatable bonds is 11. The van der Waals surface area contributed by atoms with Crippen molar-refractivity contribution in [1.29, 1.82) is 0 Å². The second-order valence-electron chi connectivity index (χ2n) is 8.96. The minimum Gasteiger partial charge on any atom is -0.382 e. The first-order valence-corrected chi connectivity index (χ1v) is 11.1. The van der Waals surface area contributed by atoms with Crippen LogP contribution in [0.25, 0.3) is 0 Å². The quantitative estimate of drug-likeness (QED) is 0.405. The summed E-state index contributed by atoms with van der Waals surface area (Å²) >= 11 is 0. The van der Waals surface area contributed by atoms with E-state index >= 15 is 0 Å². The number of ketones is 1.